The largest absolute Gasteiger partial charge is 0.371 e. The molecule has 4 aromatic heterocycles. The smallest absolute Gasteiger partial charge is 0.107 e. The summed E-state index contributed by atoms with van der Waals surface area (Å²) < 4.78 is 23.6. The van der Waals surface area contributed by atoms with Gasteiger partial charge in [0.25, 0.3) is 0 Å². The quantitative estimate of drug-likeness (QED) is 0.163. The average molecular weight is 837 g/mol. The average Bonchev–Trinajstić information content (AvgIpc) is 4.11. The molecule has 12 heteroatoms. The minimum atomic E-state index is 0.334. The third kappa shape index (κ3) is 9.27. The van der Waals surface area contributed by atoms with Crippen LogP contribution in [0.5, 0.6) is 0 Å². The van der Waals surface area contributed by atoms with Crippen LogP contribution in [0.15, 0.2) is 45.8 Å². The van der Waals surface area contributed by atoms with E-state index in [1.54, 1.807) is 0 Å². The summed E-state index contributed by atoms with van der Waals surface area (Å²) in [5, 5.41) is 22.9. The minimum Gasteiger partial charge on any atom is -0.371 e. The van der Waals surface area contributed by atoms with Crippen LogP contribution in [0, 0.1) is 0 Å². The molecular formula is C44H60N4O4S4. The molecule has 4 aromatic rings. The molecule has 304 valence electrons. The first-order valence-electron chi connectivity index (χ1n) is 21.4. The normalized spacial score (nSPS) is 31.7. The van der Waals surface area contributed by atoms with Crippen LogP contribution >= 0.6 is 45.3 Å². The fourth-order valence-corrected chi connectivity index (χ4v) is 14.0. The van der Waals surface area contributed by atoms with Crippen molar-refractivity contribution in [3.63, 3.8) is 0 Å². The van der Waals surface area contributed by atoms with E-state index in [-0.39, 0.29) is 0 Å². The van der Waals surface area contributed by atoms with Crippen molar-refractivity contribution in [2.45, 2.75) is 126 Å². The second-order valence-corrected chi connectivity index (χ2v) is 20.0. The molecule has 0 saturated carbocycles. The van der Waals surface area contributed by atoms with Crippen molar-refractivity contribution in [3.05, 3.63) is 87.5 Å². The SMILES string of the molecule is c1cc2c(s1)[C@@H]([C@@H]1CCCN1)OCC2.c1cc2c(s1)[C@@H]([C@H]1CCCN1)OCC2.c1cc2c(s1)[C@H]([C@@H]1CCCN1)OCC2.c1cc2c(s1)[C@H]([C@H]1CCCN1)OCC2. The number of rotatable bonds is 4. The zero-order valence-electron chi connectivity index (χ0n) is 32.6. The first kappa shape index (κ1) is 39.9. The summed E-state index contributed by atoms with van der Waals surface area (Å²) in [5.74, 6) is 0. The van der Waals surface area contributed by atoms with Gasteiger partial charge in [-0.05, 0) is 171 Å². The molecule has 8 atom stereocenters. The molecule has 0 radical (unpaired) electrons. The summed E-state index contributed by atoms with van der Waals surface area (Å²) in [6, 6.07) is 11.3. The molecule has 12 rings (SSSR count). The van der Waals surface area contributed by atoms with E-state index < -0.39 is 0 Å². The molecule has 0 unspecified atom stereocenters. The van der Waals surface area contributed by atoms with E-state index in [0.29, 0.717) is 48.6 Å². The number of thiophene rings is 4. The standard InChI is InChI=1S/4C11H15NOS/c4*1-2-9(12-5-1)10-11-8(3-6-13-10)4-7-14-11/h4*4,7,9-10,12H,1-3,5-6H2/t2*9-,10+;2*9-,10-/m1010/s1. The van der Waals surface area contributed by atoms with Gasteiger partial charge in [0.1, 0.15) is 24.4 Å². The van der Waals surface area contributed by atoms with E-state index in [4.69, 9.17) is 18.9 Å². The lowest BCUT2D eigenvalue weighted by Crippen LogP contribution is -2.32. The van der Waals surface area contributed by atoms with Crippen molar-refractivity contribution >= 4 is 45.3 Å². The second-order valence-electron chi connectivity index (χ2n) is 16.2. The van der Waals surface area contributed by atoms with Gasteiger partial charge in [-0.3, -0.25) is 0 Å². The van der Waals surface area contributed by atoms with Gasteiger partial charge in [-0.25, -0.2) is 0 Å². The van der Waals surface area contributed by atoms with Crippen LogP contribution in [0.25, 0.3) is 0 Å². The topological polar surface area (TPSA) is 85.0 Å². The van der Waals surface area contributed by atoms with Crippen molar-refractivity contribution < 1.29 is 18.9 Å². The van der Waals surface area contributed by atoms with Crippen molar-refractivity contribution in [1.29, 1.82) is 0 Å². The Morgan fingerprint density at radius 1 is 0.375 bits per heavy atom. The number of fused-ring (bicyclic) bond motifs is 4. The number of hydrogen-bond acceptors (Lipinski definition) is 12. The maximum Gasteiger partial charge on any atom is 0.107 e. The van der Waals surface area contributed by atoms with Crippen LogP contribution in [-0.4, -0.2) is 76.8 Å². The molecule has 0 bridgehead atoms. The highest BCUT2D eigenvalue weighted by atomic mass is 32.1. The molecular weight excluding hydrogens is 777 g/mol. The highest BCUT2D eigenvalue weighted by molar-refractivity contribution is 7.11. The zero-order valence-corrected chi connectivity index (χ0v) is 35.9. The fourth-order valence-electron chi connectivity index (χ4n) is 9.78. The van der Waals surface area contributed by atoms with E-state index in [1.807, 2.05) is 45.3 Å². The molecule has 0 amide bonds. The molecule has 0 spiro atoms. The van der Waals surface area contributed by atoms with Crippen LogP contribution < -0.4 is 21.3 Å². The molecule has 4 N–H and O–H groups in total. The van der Waals surface area contributed by atoms with E-state index >= 15 is 0 Å². The van der Waals surface area contributed by atoms with Gasteiger partial charge >= 0.3 is 0 Å². The number of ether oxygens (including phenoxy) is 4. The van der Waals surface area contributed by atoms with Crippen LogP contribution in [-0.2, 0) is 44.6 Å². The number of hydrogen-bond donors (Lipinski definition) is 4. The van der Waals surface area contributed by atoms with Gasteiger partial charge < -0.3 is 40.2 Å². The molecule has 8 aliphatic rings. The molecule has 4 saturated heterocycles. The molecule has 12 heterocycles. The van der Waals surface area contributed by atoms with Crippen molar-refractivity contribution in [3.8, 4) is 0 Å². The van der Waals surface area contributed by atoms with Crippen LogP contribution in [0.3, 0.4) is 0 Å². The maximum atomic E-state index is 5.89. The van der Waals surface area contributed by atoms with E-state index in [2.05, 4.69) is 67.1 Å². The van der Waals surface area contributed by atoms with E-state index in [9.17, 15) is 0 Å². The summed E-state index contributed by atoms with van der Waals surface area (Å²) in [7, 11) is 0. The Morgan fingerprint density at radius 2 is 0.625 bits per heavy atom. The van der Waals surface area contributed by atoms with E-state index in [1.165, 1.54) is 93.1 Å². The Morgan fingerprint density at radius 3 is 0.839 bits per heavy atom. The van der Waals surface area contributed by atoms with Gasteiger partial charge in [0.05, 0.1) is 26.4 Å². The lowest BCUT2D eigenvalue weighted by atomic mass is 10.0. The Kier molecular flexibility index (Phi) is 14.0. The Balaban J connectivity index is 0.0000000975. The molecule has 0 aliphatic carbocycles. The highest BCUT2D eigenvalue weighted by Gasteiger charge is 2.34. The Bertz CT molecular complexity index is 1520. The lowest BCUT2D eigenvalue weighted by Gasteiger charge is -2.28. The van der Waals surface area contributed by atoms with Crippen LogP contribution in [0.1, 0.15) is 118 Å². The van der Waals surface area contributed by atoms with Gasteiger partial charge in [0.15, 0.2) is 0 Å². The predicted molar refractivity (Wildman–Crippen MR) is 231 cm³/mol. The minimum absolute atomic E-state index is 0.334. The monoisotopic (exact) mass is 836 g/mol. The van der Waals surface area contributed by atoms with Crippen molar-refractivity contribution in [2.24, 2.45) is 0 Å². The number of nitrogens with one attached hydrogen (secondary N) is 4. The molecule has 8 aliphatic heterocycles. The summed E-state index contributed by atoms with van der Waals surface area (Å²) in [6.07, 6.45) is 16.0. The van der Waals surface area contributed by atoms with Gasteiger partial charge in [-0.1, -0.05) is 0 Å². The highest BCUT2D eigenvalue weighted by Crippen LogP contribution is 2.39. The molecule has 0 aromatic carbocycles. The second kappa shape index (κ2) is 19.7. The third-order valence-electron chi connectivity index (χ3n) is 12.7. The first-order valence-corrected chi connectivity index (χ1v) is 25.0. The van der Waals surface area contributed by atoms with E-state index in [0.717, 1.165) is 78.3 Å². The van der Waals surface area contributed by atoms with Gasteiger partial charge in [-0.2, -0.15) is 0 Å². The molecule has 4 fully saturated rings. The molecule has 8 nitrogen and oxygen atoms in total. The summed E-state index contributed by atoms with van der Waals surface area (Å²) in [5.41, 5.74) is 6.06. The van der Waals surface area contributed by atoms with Crippen LogP contribution in [0.2, 0.25) is 0 Å². The molecule has 56 heavy (non-hydrogen) atoms. The Labute approximate surface area is 349 Å². The lowest BCUT2D eigenvalue weighted by molar-refractivity contribution is 0.0228. The predicted octanol–water partition coefficient (Wildman–Crippen LogP) is 8.46. The zero-order chi connectivity index (χ0) is 37.5. The van der Waals surface area contributed by atoms with Gasteiger partial charge in [-0.15, -0.1) is 45.3 Å². The summed E-state index contributed by atoms with van der Waals surface area (Å²) in [6.45, 7) is 8.21. The summed E-state index contributed by atoms with van der Waals surface area (Å²) in [4.78, 5) is 5.87. The van der Waals surface area contributed by atoms with Gasteiger partial charge in [0.2, 0.25) is 0 Å². The summed E-state index contributed by atoms with van der Waals surface area (Å²) >= 11 is 7.42. The fraction of sp³-hybridized carbons (Fsp3) is 0.636. The maximum absolute atomic E-state index is 5.89. The third-order valence-corrected chi connectivity index (χ3v) is 16.8. The van der Waals surface area contributed by atoms with Crippen molar-refractivity contribution in [2.75, 3.05) is 52.6 Å². The first-order chi connectivity index (χ1) is 27.8. The van der Waals surface area contributed by atoms with Crippen molar-refractivity contribution in [1.82, 2.24) is 21.3 Å². The Hall–Kier alpha value is -1.52. The van der Waals surface area contributed by atoms with Gasteiger partial charge in [0, 0.05) is 43.7 Å². The van der Waals surface area contributed by atoms with Crippen LogP contribution in [0.4, 0.5) is 0 Å².